The van der Waals surface area contributed by atoms with Gasteiger partial charge in [-0.15, -0.1) is 0 Å². The highest BCUT2D eigenvalue weighted by Gasteiger charge is 2.28. The molecule has 15 nitrogen and oxygen atoms in total. The molecule has 4 unspecified atom stereocenters. The molecule has 0 aromatic carbocycles. The monoisotopic (exact) mass is 514 g/mol. The molecule has 0 aliphatic carbocycles. The number of aliphatic imine (C=N–C) groups is 2. The van der Waals surface area contributed by atoms with Crippen LogP contribution in [-0.4, -0.2) is 78.0 Å². The largest absolute Gasteiger partial charge is 0.480 e. The summed E-state index contributed by atoms with van der Waals surface area (Å²) in [5.74, 6) is -3.13. The molecule has 0 heterocycles. The van der Waals surface area contributed by atoms with E-state index in [1.165, 1.54) is 6.92 Å². The molecule has 15 heteroatoms. The third-order valence-electron chi connectivity index (χ3n) is 4.95. The average molecular weight is 515 g/mol. The zero-order chi connectivity index (χ0) is 27.8. The number of amides is 3. The van der Waals surface area contributed by atoms with Crippen molar-refractivity contribution in [1.29, 1.82) is 0 Å². The van der Waals surface area contributed by atoms with Gasteiger partial charge in [0, 0.05) is 13.1 Å². The first kappa shape index (κ1) is 32.4. The number of nitrogens with one attached hydrogen (secondary N) is 3. The van der Waals surface area contributed by atoms with Crippen LogP contribution in [0.15, 0.2) is 9.98 Å². The zero-order valence-electron chi connectivity index (χ0n) is 21.2. The van der Waals surface area contributed by atoms with E-state index in [-0.39, 0.29) is 43.8 Å². The van der Waals surface area contributed by atoms with Gasteiger partial charge in [-0.05, 0) is 44.9 Å². The van der Waals surface area contributed by atoms with Crippen LogP contribution >= 0.6 is 0 Å². The summed E-state index contributed by atoms with van der Waals surface area (Å²) in [5, 5.41) is 16.9. The van der Waals surface area contributed by atoms with Crippen molar-refractivity contribution in [2.24, 2.45) is 44.6 Å². The Bertz CT molecular complexity index is 794. The summed E-state index contributed by atoms with van der Waals surface area (Å²) < 4.78 is 0. The predicted octanol–water partition coefficient (Wildman–Crippen LogP) is -2.97. The Morgan fingerprint density at radius 1 is 0.750 bits per heavy atom. The van der Waals surface area contributed by atoms with E-state index in [9.17, 15) is 24.3 Å². The van der Waals surface area contributed by atoms with Crippen LogP contribution < -0.4 is 44.6 Å². The summed E-state index contributed by atoms with van der Waals surface area (Å²) in [4.78, 5) is 57.0. The minimum absolute atomic E-state index is 0.0791. The van der Waals surface area contributed by atoms with Crippen molar-refractivity contribution in [3.63, 3.8) is 0 Å². The normalized spacial score (nSPS) is 14.0. The predicted molar refractivity (Wildman–Crippen MR) is 136 cm³/mol. The van der Waals surface area contributed by atoms with Gasteiger partial charge in [-0.2, -0.15) is 0 Å². The average Bonchev–Trinajstić information content (AvgIpc) is 2.76. The Labute approximate surface area is 211 Å². The fourth-order valence-electron chi connectivity index (χ4n) is 3.10. The number of guanidine groups is 2. The highest BCUT2D eigenvalue weighted by atomic mass is 16.4. The van der Waals surface area contributed by atoms with Gasteiger partial charge < -0.3 is 49.7 Å². The second-order valence-corrected chi connectivity index (χ2v) is 8.82. The number of aliphatic carboxylic acids is 1. The number of hydrogen-bond donors (Lipinski definition) is 9. The lowest BCUT2D eigenvalue weighted by Crippen LogP contribution is -2.56. The molecule has 4 atom stereocenters. The summed E-state index contributed by atoms with van der Waals surface area (Å²) in [6.45, 7) is 5.66. The number of carbonyl (C=O) groups is 4. The first-order valence-electron chi connectivity index (χ1n) is 11.7. The van der Waals surface area contributed by atoms with Gasteiger partial charge in [0.05, 0.1) is 6.04 Å². The maximum atomic E-state index is 12.9. The van der Waals surface area contributed by atoms with Crippen LogP contribution in [0, 0.1) is 5.92 Å². The molecule has 0 bridgehead atoms. The molecule has 0 spiro atoms. The minimum atomic E-state index is -1.24. The van der Waals surface area contributed by atoms with Crippen LogP contribution in [0.1, 0.15) is 52.9 Å². The number of rotatable bonds is 17. The van der Waals surface area contributed by atoms with E-state index in [0.717, 1.165) is 0 Å². The summed E-state index contributed by atoms with van der Waals surface area (Å²) in [6, 6.07) is -4.10. The number of nitrogens with zero attached hydrogens (tertiary/aromatic N) is 2. The number of hydrogen-bond acceptors (Lipinski definition) is 7. The van der Waals surface area contributed by atoms with Crippen molar-refractivity contribution >= 4 is 35.6 Å². The number of nitrogens with two attached hydrogens (primary N) is 5. The lowest BCUT2D eigenvalue weighted by Gasteiger charge is -2.24. The van der Waals surface area contributed by atoms with Crippen LogP contribution in [0.2, 0.25) is 0 Å². The van der Waals surface area contributed by atoms with Crippen molar-refractivity contribution in [2.75, 3.05) is 13.1 Å². The van der Waals surface area contributed by atoms with Crippen molar-refractivity contribution in [3.8, 4) is 0 Å². The molecular formula is C21H42N10O5. The highest BCUT2D eigenvalue weighted by Crippen LogP contribution is 2.06. The molecule has 0 fully saturated rings. The Morgan fingerprint density at radius 2 is 1.22 bits per heavy atom. The second-order valence-electron chi connectivity index (χ2n) is 8.82. The second kappa shape index (κ2) is 16.9. The van der Waals surface area contributed by atoms with Gasteiger partial charge in [0.25, 0.3) is 0 Å². The van der Waals surface area contributed by atoms with E-state index >= 15 is 0 Å². The van der Waals surface area contributed by atoms with Gasteiger partial charge in [-0.3, -0.25) is 24.4 Å². The molecule has 36 heavy (non-hydrogen) atoms. The molecule has 0 aromatic rings. The van der Waals surface area contributed by atoms with Crippen molar-refractivity contribution < 1.29 is 24.3 Å². The molecule has 3 amide bonds. The maximum Gasteiger partial charge on any atom is 0.326 e. The summed E-state index contributed by atoms with van der Waals surface area (Å²) in [6.07, 6.45) is 1.37. The Morgan fingerprint density at radius 3 is 1.67 bits per heavy atom. The van der Waals surface area contributed by atoms with Crippen LogP contribution in [0.5, 0.6) is 0 Å². The molecule has 0 saturated carbocycles. The third kappa shape index (κ3) is 14.6. The molecule has 0 rings (SSSR count). The lowest BCUT2D eigenvalue weighted by atomic mass is 10.0. The van der Waals surface area contributed by atoms with Crippen molar-refractivity contribution in [2.45, 2.75) is 77.0 Å². The van der Waals surface area contributed by atoms with E-state index < -0.39 is 47.9 Å². The molecule has 0 radical (unpaired) electrons. The first-order chi connectivity index (χ1) is 16.7. The maximum absolute atomic E-state index is 12.9. The fraction of sp³-hybridized carbons (Fsp3) is 0.714. The molecule has 14 N–H and O–H groups in total. The minimum Gasteiger partial charge on any atom is -0.480 e. The SMILES string of the molecule is CC(C)CC(N)C(=O)NC(CCCN=C(N)N)C(=O)NC(C)C(=O)NC(CCCN=C(N)N)C(=O)O. The summed E-state index contributed by atoms with van der Waals surface area (Å²) in [7, 11) is 0. The van der Waals surface area contributed by atoms with Gasteiger partial charge in [-0.1, -0.05) is 13.8 Å². The van der Waals surface area contributed by atoms with E-state index in [4.69, 9.17) is 28.7 Å². The Kier molecular flexibility index (Phi) is 15.2. The van der Waals surface area contributed by atoms with Gasteiger partial charge in [0.15, 0.2) is 11.9 Å². The van der Waals surface area contributed by atoms with E-state index in [1.807, 2.05) is 13.8 Å². The van der Waals surface area contributed by atoms with Gasteiger partial charge in [0.1, 0.15) is 18.1 Å². The lowest BCUT2D eigenvalue weighted by molar-refractivity contribution is -0.142. The van der Waals surface area contributed by atoms with E-state index in [0.29, 0.717) is 19.3 Å². The molecule has 0 aliphatic rings. The third-order valence-corrected chi connectivity index (χ3v) is 4.95. The molecule has 0 saturated heterocycles. The zero-order valence-corrected chi connectivity index (χ0v) is 21.2. The van der Waals surface area contributed by atoms with E-state index in [1.54, 1.807) is 0 Å². The quantitative estimate of drug-likeness (QED) is 0.0539. The van der Waals surface area contributed by atoms with Crippen molar-refractivity contribution in [1.82, 2.24) is 16.0 Å². The number of carboxylic acid groups (broad SMARTS) is 1. The summed E-state index contributed by atoms with van der Waals surface area (Å²) >= 11 is 0. The fourth-order valence-corrected chi connectivity index (χ4v) is 3.10. The Hall–Kier alpha value is -3.62. The number of carboxylic acids is 1. The molecule has 0 aliphatic heterocycles. The smallest absolute Gasteiger partial charge is 0.326 e. The van der Waals surface area contributed by atoms with Crippen molar-refractivity contribution in [3.05, 3.63) is 0 Å². The topological polar surface area (TPSA) is 279 Å². The highest BCUT2D eigenvalue weighted by molar-refractivity contribution is 5.93. The van der Waals surface area contributed by atoms with E-state index in [2.05, 4.69) is 25.9 Å². The van der Waals surface area contributed by atoms with Crippen LogP contribution in [0.4, 0.5) is 0 Å². The summed E-state index contributed by atoms with van der Waals surface area (Å²) in [5.41, 5.74) is 27.0. The standard InChI is InChI=1S/C21H42N10O5/c1-11(2)10-13(22)17(33)30-14(6-4-8-27-20(23)24)18(34)29-12(3)16(32)31-15(19(35)36)7-5-9-28-21(25)26/h11-15H,4-10,22H2,1-3H3,(H,29,34)(H,30,33)(H,31,32)(H,35,36)(H4,23,24,27)(H4,25,26,28). The Balaban J connectivity index is 5.16. The first-order valence-corrected chi connectivity index (χ1v) is 11.7. The van der Waals surface area contributed by atoms with Gasteiger partial charge >= 0.3 is 5.97 Å². The van der Waals surface area contributed by atoms with Crippen LogP contribution in [-0.2, 0) is 19.2 Å². The molecular weight excluding hydrogens is 472 g/mol. The van der Waals surface area contributed by atoms with Gasteiger partial charge in [0.2, 0.25) is 17.7 Å². The number of carbonyl (C=O) groups excluding carboxylic acids is 3. The molecule has 0 aromatic heterocycles. The van der Waals surface area contributed by atoms with Gasteiger partial charge in [-0.25, -0.2) is 4.79 Å². The van der Waals surface area contributed by atoms with Crippen LogP contribution in [0.3, 0.4) is 0 Å². The van der Waals surface area contributed by atoms with Crippen LogP contribution in [0.25, 0.3) is 0 Å². The molecule has 206 valence electrons.